The van der Waals surface area contributed by atoms with E-state index in [0.29, 0.717) is 30.5 Å². The second-order valence-corrected chi connectivity index (χ2v) is 8.73. The number of thiophene rings is 1. The summed E-state index contributed by atoms with van der Waals surface area (Å²) in [6.07, 6.45) is 4.27. The number of aryl methyl sites for hydroxylation is 1. The molecule has 0 fully saturated rings. The Morgan fingerprint density at radius 3 is 2.29 bits per heavy atom. The number of hydrogen-bond acceptors (Lipinski definition) is 7. The molecule has 0 spiro atoms. The number of allylic oxidation sites excluding steroid dienone is 1. The van der Waals surface area contributed by atoms with E-state index in [9.17, 15) is 19.2 Å². The number of carbonyl (C=O) groups excluding carboxylic acids is 4. The van der Waals surface area contributed by atoms with E-state index in [1.54, 1.807) is 23.5 Å². The molecule has 3 rings (SSSR count). The van der Waals surface area contributed by atoms with E-state index in [-0.39, 0.29) is 23.2 Å². The minimum Gasteiger partial charge on any atom is -0.423 e. The first-order valence-corrected chi connectivity index (χ1v) is 11.8. The predicted octanol–water partition coefficient (Wildman–Crippen LogP) is 5.00. The monoisotopic (exact) mass is 491 g/mol. The molecule has 2 aromatic carbocycles. The number of hydrogen-bond donors (Lipinski definition) is 1. The molecular formula is C27H25NO6S. The third kappa shape index (κ3) is 8.68. The summed E-state index contributed by atoms with van der Waals surface area (Å²) in [5.74, 6) is -1.00. The number of carbonyl (C=O) groups is 4. The summed E-state index contributed by atoms with van der Waals surface area (Å²) in [5, 5.41) is 4.81. The Hall–Kier alpha value is -4.04. The Morgan fingerprint density at radius 2 is 1.63 bits per heavy atom. The number of ether oxygens (including phenoxy) is 2. The Kier molecular flexibility index (Phi) is 9.09. The highest BCUT2D eigenvalue weighted by molar-refractivity contribution is 7.10. The van der Waals surface area contributed by atoms with Crippen LogP contribution in [0.1, 0.15) is 36.3 Å². The molecule has 0 aliphatic heterocycles. The van der Waals surface area contributed by atoms with Crippen molar-refractivity contribution in [3.05, 3.63) is 82.1 Å². The zero-order valence-electron chi connectivity index (χ0n) is 19.4. The third-order valence-electron chi connectivity index (χ3n) is 4.75. The van der Waals surface area contributed by atoms with Crippen LogP contribution in [0.4, 0.5) is 5.69 Å². The van der Waals surface area contributed by atoms with Crippen molar-refractivity contribution in [1.29, 1.82) is 0 Å². The van der Waals surface area contributed by atoms with Crippen molar-refractivity contribution in [2.45, 2.75) is 33.1 Å². The summed E-state index contributed by atoms with van der Waals surface area (Å²) in [6, 6.07) is 15.9. The Labute approximate surface area is 207 Å². The maximum absolute atomic E-state index is 12.3. The third-order valence-corrected chi connectivity index (χ3v) is 5.63. The lowest BCUT2D eigenvalue weighted by Gasteiger charge is -2.09. The fourth-order valence-electron chi connectivity index (χ4n) is 3.17. The fourth-order valence-corrected chi connectivity index (χ4v) is 3.88. The van der Waals surface area contributed by atoms with Gasteiger partial charge in [-0.3, -0.25) is 19.2 Å². The fraction of sp³-hybridized carbons (Fsp3) is 0.185. The Bertz CT molecular complexity index is 1230. The maximum atomic E-state index is 12.3. The molecule has 0 bridgehead atoms. The molecule has 1 amide bonds. The first kappa shape index (κ1) is 25.6. The Balaban J connectivity index is 1.52. The van der Waals surface area contributed by atoms with Crippen LogP contribution in [-0.4, -0.2) is 23.6 Å². The van der Waals surface area contributed by atoms with Crippen LogP contribution in [0.3, 0.4) is 0 Å². The molecule has 0 aliphatic carbocycles. The minimum atomic E-state index is -0.552. The smallest absolute Gasteiger partial charge is 0.308 e. The number of ketones is 1. The van der Waals surface area contributed by atoms with Gasteiger partial charge in [0.15, 0.2) is 17.3 Å². The first-order valence-electron chi connectivity index (χ1n) is 10.9. The summed E-state index contributed by atoms with van der Waals surface area (Å²) in [4.78, 5) is 48.0. The van der Waals surface area contributed by atoms with Crippen molar-refractivity contribution in [2.75, 3.05) is 5.32 Å². The lowest BCUT2D eigenvalue weighted by molar-refractivity contribution is -0.134. The second kappa shape index (κ2) is 12.4. The maximum Gasteiger partial charge on any atom is 0.308 e. The van der Waals surface area contributed by atoms with E-state index in [4.69, 9.17) is 9.47 Å². The zero-order chi connectivity index (χ0) is 25.2. The molecule has 8 heteroatoms. The highest BCUT2D eigenvalue weighted by Gasteiger charge is 2.11. The molecular weight excluding hydrogens is 466 g/mol. The SMILES string of the molecule is CC(=O)Oc1ccc(/C=C/C(=O)CCc2ccc(NC(=O)Cc3cccs3)cc2)cc1OC(C)=O. The summed E-state index contributed by atoms with van der Waals surface area (Å²) in [5.41, 5.74) is 2.31. The largest absolute Gasteiger partial charge is 0.423 e. The topological polar surface area (TPSA) is 98.8 Å². The molecule has 1 heterocycles. The average Bonchev–Trinajstić information content (AvgIpc) is 3.31. The van der Waals surface area contributed by atoms with Crippen molar-refractivity contribution in [1.82, 2.24) is 0 Å². The summed E-state index contributed by atoms with van der Waals surface area (Å²) in [6.45, 7) is 2.50. The van der Waals surface area contributed by atoms with Gasteiger partial charge in [-0.2, -0.15) is 0 Å². The van der Waals surface area contributed by atoms with E-state index in [1.807, 2.05) is 41.8 Å². The quantitative estimate of drug-likeness (QED) is 0.244. The van der Waals surface area contributed by atoms with Gasteiger partial charge in [-0.1, -0.05) is 30.3 Å². The van der Waals surface area contributed by atoms with E-state index >= 15 is 0 Å². The lowest BCUT2D eigenvalue weighted by atomic mass is 10.1. The van der Waals surface area contributed by atoms with Gasteiger partial charge in [-0.05, 0) is 59.3 Å². The molecule has 35 heavy (non-hydrogen) atoms. The van der Waals surface area contributed by atoms with Crippen LogP contribution in [-0.2, 0) is 32.0 Å². The first-order chi connectivity index (χ1) is 16.8. The summed E-state index contributed by atoms with van der Waals surface area (Å²) < 4.78 is 10.1. The van der Waals surface area contributed by atoms with Crippen LogP contribution in [0.5, 0.6) is 11.5 Å². The van der Waals surface area contributed by atoms with Crippen molar-refractivity contribution in [3.8, 4) is 11.5 Å². The predicted molar refractivity (Wildman–Crippen MR) is 135 cm³/mol. The van der Waals surface area contributed by atoms with Gasteiger partial charge < -0.3 is 14.8 Å². The molecule has 0 saturated heterocycles. The standard InChI is InChI=1S/C27H25NO6S/c1-18(29)33-25-14-9-21(16-26(25)34-19(2)30)8-13-23(31)12-7-20-5-10-22(11-6-20)28-27(32)17-24-4-3-15-35-24/h3-6,8-11,13-16H,7,12,17H2,1-2H3,(H,28,32)/b13-8+. The van der Waals surface area contributed by atoms with Crippen LogP contribution in [0.25, 0.3) is 6.08 Å². The molecule has 0 aliphatic rings. The molecule has 1 aromatic heterocycles. The van der Waals surface area contributed by atoms with E-state index < -0.39 is 11.9 Å². The molecule has 0 unspecified atom stereocenters. The van der Waals surface area contributed by atoms with Gasteiger partial charge in [0.05, 0.1) is 6.42 Å². The molecule has 0 saturated carbocycles. The lowest BCUT2D eigenvalue weighted by Crippen LogP contribution is -2.13. The van der Waals surface area contributed by atoms with Gasteiger partial charge in [0, 0.05) is 30.8 Å². The van der Waals surface area contributed by atoms with Gasteiger partial charge in [0.1, 0.15) is 0 Å². The van der Waals surface area contributed by atoms with E-state index in [1.165, 1.54) is 32.1 Å². The molecule has 0 radical (unpaired) electrons. The van der Waals surface area contributed by atoms with Gasteiger partial charge >= 0.3 is 11.9 Å². The van der Waals surface area contributed by atoms with Gasteiger partial charge in [0.25, 0.3) is 0 Å². The van der Waals surface area contributed by atoms with Crippen LogP contribution in [0.15, 0.2) is 66.1 Å². The van der Waals surface area contributed by atoms with Crippen LogP contribution in [0.2, 0.25) is 0 Å². The minimum absolute atomic E-state index is 0.0711. The van der Waals surface area contributed by atoms with Gasteiger partial charge in [0.2, 0.25) is 5.91 Å². The van der Waals surface area contributed by atoms with Crippen molar-refractivity contribution >= 4 is 46.7 Å². The summed E-state index contributed by atoms with van der Waals surface area (Å²) >= 11 is 1.55. The molecule has 180 valence electrons. The highest BCUT2D eigenvalue weighted by atomic mass is 32.1. The van der Waals surface area contributed by atoms with Crippen LogP contribution in [0, 0.1) is 0 Å². The number of benzene rings is 2. The van der Waals surface area contributed by atoms with Crippen molar-refractivity contribution < 1.29 is 28.7 Å². The van der Waals surface area contributed by atoms with E-state index in [0.717, 1.165) is 10.4 Å². The molecule has 1 N–H and O–H groups in total. The highest BCUT2D eigenvalue weighted by Crippen LogP contribution is 2.29. The number of esters is 2. The number of nitrogens with one attached hydrogen (secondary N) is 1. The zero-order valence-corrected chi connectivity index (χ0v) is 20.2. The number of rotatable bonds is 10. The molecule has 7 nitrogen and oxygen atoms in total. The van der Waals surface area contributed by atoms with Crippen molar-refractivity contribution in [2.24, 2.45) is 0 Å². The van der Waals surface area contributed by atoms with Crippen LogP contribution >= 0.6 is 11.3 Å². The second-order valence-electron chi connectivity index (χ2n) is 7.69. The van der Waals surface area contributed by atoms with Gasteiger partial charge in [-0.15, -0.1) is 11.3 Å². The Morgan fingerprint density at radius 1 is 0.914 bits per heavy atom. The van der Waals surface area contributed by atoms with Gasteiger partial charge in [-0.25, -0.2) is 0 Å². The number of anilines is 1. The summed E-state index contributed by atoms with van der Waals surface area (Å²) in [7, 11) is 0. The van der Waals surface area contributed by atoms with E-state index in [2.05, 4.69) is 5.32 Å². The van der Waals surface area contributed by atoms with Crippen molar-refractivity contribution in [3.63, 3.8) is 0 Å². The number of amides is 1. The molecule has 3 aromatic rings. The average molecular weight is 492 g/mol. The van der Waals surface area contributed by atoms with Crippen LogP contribution < -0.4 is 14.8 Å². The molecule has 0 atom stereocenters. The normalized spacial score (nSPS) is 10.7.